The van der Waals surface area contributed by atoms with Crippen LogP contribution in [0.4, 0.5) is 5.69 Å². The molecule has 2 aromatic carbocycles. The summed E-state index contributed by atoms with van der Waals surface area (Å²) < 4.78 is 5.43. The fourth-order valence-electron chi connectivity index (χ4n) is 2.96. The Morgan fingerprint density at radius 1 is 1.17 bits per heavy atom. The molecule has 0 spiro atoms. The van der Waals surface area contributed by atoms with Crippen molar-refractivity contribution in [1.29, 1.82) is 0 Å². The summed E-state index contributed by atoms with van der Waals surface area (Å²) in [6, 6.07) is 12.3. The van der Waals surface area contributed by atoms with E-state index in [9.17, 15) is 14.4 Å². The summed E-state index contributed by atoms with van der Waals surface area (Å²) in [5.41, 5.74) is 1.89. The zero-order valence-corrected chi connectivity index (χ0v) is 17.0. The molecule has 8 heteroatoms. The Hall–Kier alpha value is -3.06. The maximum atomic E-state index is 12.4. The Balaban J connectivity index is 1.66. The highest BCUT2D eigenvalue weighted by Crippen LogP contribution is 2.33. The Labute approximate surface area is 174 Å². The van der Waals surface area contributed by atoms with Crippen molar-refractivity contribution in [1.82, 2.24) is 10.2 Å². The second kappa shape index (κ2) is 8.96. The number of ether oxygens (including phenoxy) is 1. The molecule has 1 aliphatic rings. The van der Waals surface area contributed by atoms with Gasteiger partial charge >= 0.3 is 0 Å². The first-order chi connectivity index (χ1) is 13.8. The molecule has 2 aromatic rings. The predicted octanol–water partition coefficient (Wildman–Crippen LogP) is 2.13. The van der Waals surface area contributed by atoms with Crippen LogP contribution in [0.25, 0.3) is 0 Å². The minimum absolute atomic E-state index is 0.143. The minimum Gasteiger partial charge on any atom is -0.482 e. The second-order valence-electron chi connectivity index (χ2n) is 6.88. The third kappa shape index (κ3) is 5.06. The first kappa shape index (κ1) is 20.7. The monoisotopic (exact) mass is 415 g/mol. The molecule has 1 aliphatic heterocycles. The van der Waals surface area contributed by atoms with Gasteiger partial charge in [0.05, 0.1) is 5.69 Å². The van der Waals surface area contributed by atoms with Crippen LogP contribution in [0.5, 0.6) is 5.75 Å². The van der Waals surface area contributed by atoms with E-state index in [1.54, 1.807) is 44.4 Å². The minimum atomic E-state index is -0.334. The third-order valence-electron chi connectivity index (χ3n) is 4.51. The van der Waals surface area contributed by atoms with Crippen LogP contribution in [-0.2, 0) is 16.0 Å². The molecule has 0 aromatic heterocycles. The lowest BCUT2D eigenvalue weighted by Gasteiger charge is -2.29. The topological polar surface area (TPSA) is 79.0 Å². The lowest BCUT2D eigenvalue weighted by molar-refractivity contribution is -0.125. The summed E-state index contributed by atoms with van der Waals surface area (Å²) >= 11 is 5.87. The Morgan fingerprint density at radius 3 is 2.59 bits per heavy atom. The summed E-state index contributed by atoms with van der Waals surface area (Å²) in [4.78, 5) is 39.8. The molecule has 1 N–H and O–H groups in total. The molecule has 3 amide bonds. The maximum absolute atomic E-state index is 12.4. The number of hydrogen-bond acceptors (Lipinski definition) is 4. The molecule has 0 saturated carbocycles. The van der Waals surface area contributed by atoms with Crippen molar-refractivity contribution in [3.63, 3.8) is 0 Å². The number of fused-ring (bicyclic) bond motifs is 1. The molecular formula is C21H22ClN3O4. The number of anilines is 1. The first-order valence-corrected chi connectivity index (χ1v) is 9.53. The summed E-state index contributed by atoms with van der Waals surface area (Å²) in [7, 11) is 3.30. The Bertz CT molecular complexity index is 928. The fraction of sp³-hybridized carbons (Fsp3) is 0.286. The van der Waals surface area contributed by atoms with Gasteiger partial charge in [-0.3, -0.25) is 19.3 Å². The molecule has 0 atom stereocenters. The quantitative estimate of drug-likeness (QED) is 0.783. The first-order valence-electron chi connectivity index (χ1n) is 9.15. The van der Waals surface area contributed by atoms with E-state index in [0.29, 0.717) is 35.0 Å². The van der Waals surface area contributed by atoms with Gasteiger partial charge in [-0.25, -0.2) is 0 Å². The van der Waals surface area contributed by atoms with Gasteiger partial charge < -0.3 is 15.0 Å². The Kier molecular flexibility index (Phi) is 6.39. The van der Waals surface area contributed by atoms with Crippen LogP contribution in [0.2, 0.25) is 5.02 Å². The standard InChI is InChI=1S/C21H22ClN3O4/c1-24(2)21(28)15-5-8-18-17(11-15)25(20(27)13-29-18)12-19(26)23-10-9-14-3-6-16(22)7-4-14/h3-8,11H,9-10,12-13H2,1-2H3,(H,23,26). The van der Waals surface area contributed by atoms with Crippen LogP contribution in [0.1, 0.15) is 15.9 Å². The number of hydrogen-bond donors (Lipinski definition) is 1. The van der Waals surface area contributed by atoms with Crippen molar-refractivity contribution >= 4 is 35.0 Å². The largest absolute Gasteiger partial charge is 0.482 e. The number of nitrogens with zero attached hydrogens (tertiary/aromatic N) is 2. The van der Waals surface area contributed by atoms with Gasteiger partial charge in [0, 0.05) is 31.2 Å². The van der Waals surface area contributed by atoms with Gasteiger partial charge in [0.25, 0.3) is 11.8 Å². The van der Waals surface area contributed by atoms with Gasteiger partial charge in [0.15, 0.2) is 6.61 Å². The molecule has 1 heterocycles. The number of benzene rings is 2. The summed E-state index contributed by atoms with van der Waals surface area (Å²) in [6.07, 6.45) is 0.651. The van der Waals surface area contributed by atoms with Crippen molar-refractivity contribution in [3.8, 4) is 5.75 Å². The molecule has 0 fully saturated rings. The molecule has 0 aliphatic carbocycles. The SMILES string of the molecule is CN(C)C(=O)c1ccc2c(c1)N(CC(=O)NCCc1ccc(Cl)cc1)C(=O)CO2. The van der Waals surface area contributed by atoms with Crippen LogP contribution in [0, 0.1) is 0 Å². The fourth-order valence-corrected chi connectivity index (χ4v) is 3.09. The van der Waals surface area contributed by atoms with E-state index in [-0.39, 0.29) is 30.9 Å². The number of carbonyl (C=O) groups excluding carboxylic acids is 3. The van der Waals surface area contributed by atoms with E-state index < -0.39 is 0 Å². The van der Waals surface area contributed by atoms with Gasteiger partial charge in [0.1, 0.15) is 12.3 Å². The van der Waals surface area contributed by atoms with E-state index in [1.165, 1.54) is 9.80 Å². The normalized spacial score (nSPS) is 12.8. The highest BCUT2D eigenvalue weighted by Gasteiger charge is 2.28. The van der Waals surface area contributed by atoms with E-state index in [1.807, 2.05) is 12.1 Å². The van der Waals surface area contributed by atoms with Crippen LogP contribution >= 0.6 is 11.6 Å². The molecule has 3 rings (SSSR count). The lowest BCUT2D eigenvalue weighted by atomic mass is 10.1. The van der Waals surface area contributed by atoms with Gasteiger partial charge in [-0.15, -0.1) is 0 Å². The molecular weight excluding hydrogens is 394 g/mol. The number of rotatable bonds is 6. The van der Waals surface area contributed by atoms with Crippen LogP contribution < -0.4 is 15.0 Å². The van der Waals surface area contributed by atoms with Crippen LogP contribution in [0.3, 0.4) is 0 Å². The smallest absolute Gasteiger partial charge is 0.265 e. The summed E-state index contributed by atoms with van der Waals surface area (Å²) in [5, 5.41) is 3.48. The predicted molar refractivity (Wildman–Crippen MR) is 110 cm³/mol. The van der Waals surface area contributed by atoms with Crippen molar-refractivity contribution in [2.45, 2.75) is 6.42 Å². The van der Waals surface area contributed by atoms with Crippen LogP contribution in [0.15, 0.2) is 42.5 Å². The Morgan fingerprint density at radius 2 is 1.90 bits per heavy atom. The van der Waals surface area contributed by atoms with Crippen molar-refractivity contribution in [3.05, 3.63) is 58.6 Å². The average molecular weight is 416 g/mol. The van der Waals surface area contributed by atoms with Gasteiger partial charge in [-0.05, 0) is 42.3 Å². The molecule has 0 radical (unpaired) electrons. The second-order valence-corrected chi connectivity index (χ2v) is 7.31. The maximum Gasteiger partial charge on any atom is 0.265 e. The van der Waals surface area contributed by atoms with E-state index in [2.05, 4.69) is 5.32 Å². The zero-order valence-electron chi connectivity index (χ0n) is 16.3. The molecule has 152 valence electrons. The molecule has 29 heavy (non-hydrogen) atoms. The average Bonchev–Trinajstić information content (AvgIpc) is 2.70. The number of halogens is 1. The molecule has 7 nitrogen and oxygen atoms in total. The number of carbonyl (C=O) groups is 3. The van der Waals surface area contributed by atoms with Gasteiger partial charge in [-0.2, -0.15) is 0 Å². The highest BCUT2D eigenvalue weighted by atomic mass is 35.5. The summed E-state index contributed by atoms with van der Waals surface area (Å²) in [5.74, 6) is -0.351. The number of nitrogens with one attached hydrogen (secondary N) is 1. The highest BCUT2D eigenvalue weighted by molar-refractivity contribution is 6.30. The van der Waals surface area contributed by atoms with Gasteiger partial charge in [0.2, 0.25) is 5.91 Å². The van der Waals surface area contributed by atoms with Crippen molar-refractivity contribution in [2.24, 2.45) is 0 Å². The van der Waals surface area contributed by atoms with E-state index >= 15 is 0 Å². The molecule has 0 unspecified atom stereocenters. The zero-order chi connectivity index (χ0) is 21.0. The lowest BCUT2D eigenvalue weighted by Crippen LogP contribution is -2.45. The summed E-state index contributed by atoms with van der Waals surface area (Å²) in [6.45, 7) is 0.145. The third-order valence-corrected chi connectivity index (χ3v) is 4.76. The van der Waals surface area contributed by atoms with E-state index in [4.69, 9.17) is 16.3 Å². The van der Waals surface area contributed by atoms with E-state index in [0.717, 1.165) is 5.56 Å². The molecule has 0 saturated heterocycles. The van der Waals surface area contributed by atoms with Crippen LogP contribution in [-0.4, -0.2) is 56.4 Å². The molecule has 0 bridgehead atoms. The van der Waals surface area contributed by atoms with Gasteiger partial charge in [-0.1, -0.05) is 23.7 Å². The van der Waals surface area contributed by atoms with Crippen molar-refractivity contribution in [2.75, 3.05) is 38.7 Å². The van der Waals surface area contributed by atoms with Crippen molar-refractivity contribution < 1.29 is 19.1 Å². The number of amides is 3.